The number of nitrogens with zero attached hydrogens (tertiary/aromatic N) is 3. The van der Waals surface area contributed by atoms with Crippen LogP contribution in [-0.2, 0) is 0 Å². The van der Waals surface area contributed by atoms with E-state index in [1.54, 1.807) is 11.0 Å². The Kier molecular flexibility index (Phi) is 3.16. The summed E-state index contributed by atoms with van der Waals surface area (Å²) >= 11 is 5.99. The minimum atomic E-state index is -0.174. The summed E-state index contributed by atoms with van der Waals surface area (Å²) < 4.78 is 7.80. The fraction of sp³-hybridized carbons (Fsp3) is 0.0588. The lowest BCUT2D eigenvalue weighted by molar-refractivity contribution is 0.463. The van der Waals surface area contributed by atoms with Crippen molar-refractivity contribution >= 4 is 22.6 Å². The molecule has 0 N–H and O–H groups in total. The van der Waals surface area contributed by atoms with E-state index in [1.807, 2.05) is 54.6 Å². The zero-order valence-electron chi connectivity index (χ0n) is 11.6. The maximum atomic E-state index is 6.02. The summed E-state index contributed by atoms with van der Waals surface area (Å²) in [5, 5.41) is 6.04. The second-order valence-electron chi connectivity index (χ2n) is 5.02. The zero-order valence-corrected chi connectivity index (χ0v) is 12.3. The number of hydrogen-bond donors (Lipinski definition) is 0. The summed E-state index contributed by atoms with van der Waals surface area (Å²) in [6, 6.07) is 17.5. The standard InChI is InChI=1S/C17H12ClN3O/c18-14-7-5-12(6-8-14)17(21-11-19-10-20-21)16-9-13-3-1-2-4-15(13)22-16/h1-11,17H/t17-/m0/s1. The Balaban J connectivity index is 1.88. The van der Waals surface area contributed by atoms with E-state index in [0.29, 0.717) is 5.02 Å². The number of para-hydroxylation sites is 1. The normalized spacial score (nSPS) is 12.6. The van der Waals surface area contributed by atoms with E-state index in [-0.39, 0.29) is 6.04 Å². The highest BCUT2D eigenvalue weighted by atomic mass is 35.5. The fourth-order valence-corrected chi connectivity index (χ4v) is 2.71. The molecule has 4 aromatic rings. The minimum absolute atomic E-state index is 0.174. The first-order chi connectivity index (χ1) is 10.8. The van der Waals surface area contributed by atoms with Gasteiger partial charge in [0.1, 0.15) is 30.0 Å². The first kappa shape index (κ1) is 13.1. The number of halogens is 1. The van der Waals surface area contributed by atoms with Crippen molar-refractivity contribution < 1.29 is 4.42 Å². The van der Waals surface area contributed by atoms with E-state index >= 15 is 0 Å². The van der Waals surface area contributed by atoms with Crippen LogP contribution in [0.3, 0.4) is 0 Å². The fourth-order valence-electron chi connectivity index (χ4n) is 2.58. The van der Waals surface area contributed by atoms with Crippen LogP contribution in [0.2, 0.25) is 5.02 Å². The predicted octanol–water partition coefficient (Wildman–Crippen LogP) is 4.32. The number of fused-ring (bicyclic) bond motifs is 1. The average molecular weight is 310 g/mol. The van der Waals surface area contributed by atoms with Crippen LogP contribution < -0.4 is 0 Å². The Labute approximate surface area is 132 Å². The SMILES string of the molecule is Clc1ccc([C@@H](c2cc3ccccc3o2)n2cncn2)cc1. The van der Waals surface area contributed by atoms with Crippen molar-refractivity contribution in [1.82, 2.24) is 14.8 Å². The largest absolute Gasteiger partial charge is 0.458 e. The number of benzene rings is 2. The Morgan fingerprint density at radius 2 is 1.86 bits per heavy atom. The molecule has 0 aliphatic carbocycles. The quantitative estimate of drug-likeness (QED) is 0.566. The molecule has 2 aromatic carbocycles. The molecule has 0 bridgehead atoms. The summed E-state index contributed by atoms with van der Waals surface area (Å²) in [6.07, 6.45) is 3.21. The first-order valence-corrected chi connectivity index (χ1v) is 7.27. The molecule has 0 aliphatic rings. The van der Waals surface area contributed by atoms with Gasteiger partial charge in [0.2, 0.25) is 0 Å². The summed E-state index contributed by atoms with van der Waals surface area (Å²) in [5.41, 5.74) is 1.89. The molecule has 0 unspecified atom stereocenters. The van der Waals surface area contributed by atoms with Gasteiger partial charge in [0, 0.05) is 10.4 Å². The lowest BCUT2D eigenvalue weighted by atomic mass is 10.0. The summed E-state index contributed by atoms with van der Waals surface area (Å²) in [7, 11) is 0. The molecule has 0 saturated heterocycles. The lowest BCUT2D eigenvalue weighted by Gasteiger charge is -2.15. The Bertz CT molecular complexity index is 864. The van der Waals surface area contributed by atoms with E-state index in [1.165, 1.54) is 6.33 Å². The van der Waals surface area contributed by atoms with Crippen LogP contribution in [-0.4, -0.2) is 14.8 Å². The molecule has 0 saturated carbocycles. The van der Waals surface area contributed by atoms with Crippen molar-refractivity contribution in [2.24, 2.45) is 0 Å². The van der Waals surface area contributed by atoms with Gasteiger partial charge in [0.25, 0.3) is 0 Å². The third-order valence-electron chi connectivity index (χ3n) is 3.60. The molecule has 0 spiro atoms. The van der Waals surface area contributed by atoms with Gasteiger partial charge in [-0.2, -0.15) is 5.10 Å². The molecule has 2 aromatic heterocycles. The van der Waals surface area contributed by atoms with Crippen molar-refractivity contribution in [3.63, 3.8) is 0 Å². The molecule has 4 nitrogen and oxygen atoms in total. The first-order valence-electron chi connectivity index (χ1n) is 6.89. The summed E-state index contributed by atoms with van der Waals surface area (Å²) in [6.45, 7) is 0. The Morgan fingerprint density at radius 3 is 2.59 bits per heavy atom. The summed E-state index contributed by atoms with van der Waals surface area (Å²) in [4.78, 5) is 4.05. The number of aromatic nitrogens is 3. The Hall–Kier alpha value is -2.59. The van der Waals surface area contributed by atoms with Crippen molar-refractivity contribution in [1.29, 1.82) is 0 Å². The zero-order chi connectivity index (χ0) is 14.9. The van der Waals surface area contributed by atoms with Crippen LogP contribution >= 0.6 is 11.6 Å². The second-order valence-corrected chi connectivity index (χ2v) is 5.45. The maximum Gasteiger partial charge on any atom is 0.137 e. The van der Waals surface area contributed by atoms with E-state index < -0.39 is 0 Å². The van der Waals surface area contributed by atoms with Gasteiger partial charge in [-0.1, -0.05) is 41.9 Å². The van der Waals surface area contributed by atoms with Gasteiger partial charge in [-0.3, -0.25) is 0 Å². The highest BCUT2D eigenvalue weighted by Gasteiger charge is 2.21. The molecular formula is C17H12ClN3O. The highest BCUT2D eigenvalue weighted by Crippen LogP contribution is 2.31. The predicted molar refractivity (Wildman–Crippen MR) is 84.9 cm³/mol. The van der Waals surface area contributed by atoms with Crippen LogP contribution in [0.5, 0.6) is 0 Å². The summed E-state index contributed by atoms with van der Waals surface area (Å²) in [5.74, 6) is 0.814. The molecule has 0 fully saturated rings. The molecule has 2 heterocycles. The van der Waals surface area contributed by atoms with Crippen LogP contribution in [0.15, 0.2) is 71.7 Å². The molecule has 0 radical (unpaired) electrons. The van der Waals surface area contributed by atoms with Crippen LogP contribution in [0.1, 0.15) is 17.4 Å². The lowest BCUT2D eigenvalue weighted by Crippen LogP contribution is -2.12. The van der Waals surface area contributed by atoms with Crippen LogP contribution in [0, 0.1) is 0 Å². The molecule has 0 aliphatic heterocycles. The van der Waals surface area contributed by atoms with Crippen molar-refractivity contribution in [2.75, 3.05) is 0 Å². The topological polar surface area (TPSA) is 43.9 Å². The van der Waals surface area contributed by atoms with Gasteiger partial charge in [-0.25, -0.2) is 9.67 Å². The molecule has 108 valence electrons. The Morgan fingerprint density at radius 1 is 1.05 bits per heavy atom. The maximum absolute atomic E-state index is 6.02. The second kappa shape index (κ2) is 5.31. The number of hydrogen-bond acceptors (Lipinski definition) is 3. The van der Waals surface area contributed by atoms with Gasteiger partial charge < -0.3 is 4.42 Å². The van der Waals surface area contributed by atoms with Crippen molar-refractivity contribution in [3.8, 4) is 0 Å². The van der Waals surface area contributed by atoms with E-state index in [2.05, 4.69) is 10.1 Å². The van der Waals surface area contributed by atoms with Gasteiger partial charge in [0.15, 0.2) is 0 Å². The van der Waals surface area contributed by atoms with Gasteiger partial charge in [-0.05, 0) is 29.8 Å². The third-order valence-corrected chi connectivity index (χ3v) is 3.85. The molecule has 5 heteroatoms. The highest BCUT2D eigenvalue weighted by molar-refractivity contribution is 6.30. The molecule has 4 rings (SSSR count). The smallest absolute Gasteiger partial charge is 0.137 e. The van der Waals surface area contributed by atoms with Gasteiger partial charge in [-0.15, -0.1) is 0 Å². The molecule has 0 amide bonds. The minimum Gasteiger partial charge on any atom is -0.458 e. The average Bonchev–Trinajstić information content (AvgIpc) is 3.19. The van der Waals surface area contributed by atoms with Gasteiger partial charge >= 0.3 is 0 Å². The molecule has 22 heavy (non-hydrogen) atoms. The molecular weight excluding hydrogens is 298 g/mol. The third kappa shape index (κ3) is 2.27. The van der Waals surface area contributed by atoms with Crippen molar-refractivity contribution in [3.05, 3.63) is 83.6 Å². The number of furan rings is 1. The monoisotopic (exact) mass is 309 g/mol. The van der Waals surface area contributed by atoms with Crippen LogP contribution in [0.25, 0.3) is 11.0 Å². The van der Waals surface area contributed by atoms with Crippen LogP contribution in [0.4, 0.5) is 0 Å². The van der Waals surface area contributed by atoms with E-state index in [0.717, 1.165) is 22.3 Å². The molecule has 1 atom stereocenters. The van der Waals surface area contributed by atoms with E-state index in [4.69, 9.17) is 16.0 Å². The van der Waals surface area contributed by atoms with Gasteiger partial charge in [0.05, 0.1) is 0 Å². The number of rotatable bonds is 3. The van der Waals surface area contributed by atoms with E-state index in [9.17, 15) is 0 Å². The van der Waals surface area contributed by atoms with Crippen molar-refractivity contribution in [2.45, 2.75) is 6.04 Å².